The van der Waals surface area contributed by atoms with Crippen LogP contribution < -0.4 is 11.5 Å². The molecule has 0 saturated carbocycles. The average molecular weight is 231 g/mol. The lowest BCUT2D eigenvalue weighted by Gasteiger charge is -2.07. The molecule has 17 heavy (non-hydrogen) atoms. The van der Waals surface area contributed by atoms with Gasteiger partial charge in [-0.25, -0.2) is 0 Å². The Morgan fingerprint density at radius 2 is 1.76 bits per heavy atom. The minimum absolute atomic E-state index is 0.666. The zero-order chi connectivity index (χ0) is 12.4. The standard InChI is InChI=1S/C14H21N3/c1-10-3-4-11(2)14-13(10)12(5-6-15)9-17(14)8-7-16/h3-4,9H,5-8,15-16H2,1-2H3. The van der Waals surface area contributed by atoms with Gasteiger partial charge in [-0.05, 0) is 43.5 Å². The number of nitrogens with two attached hydrogens (primary N) is 2. The summed E-state index contributed by atoms with van der Waals surface area (Å²) >= 11 is 0. The van der Waals surface area contributed by atoms with Crippen LogP contribution in [0.2, 0.25) is 0 Å². The summed E-state index contributed by atoms with van der Waals surface area (Å²) < 4.78 is 2.27. The van der Waals surface area contributed by atoms with Gasteiger partial charge in [-0.2, -0.15) is 0 Å². The monoisotopic (exact) mass is 231 g/mol. The molecule has 0 fully saturated rings. The second-order valence-electron chi connectivity index (χ2n) is 4.60. The van der Waals surface area contributed by atoms with Crippen LogP contribution in [0.5, 0.6) is 0 Å². The van der Waals surface area contributed by atoms with Gasteiger partial charge < -0.3 is 16.0 Å². The summed E-state index contributed by atoms with van der Waals surface area (Å²) in [5.74, 6) is 0. The van der Waals surface area contributed by atoms with Gasteiger partial charge in [0.2, 0.25) is 0 Å². The van der Waals surface area contributed by atoms with Gasteiger partial charge in [0, 0.05) is 24.7 Å². The Morgan fingerprint density at radius 3 is 2.41 bits per heavy atom. The van der Waals surface area contributed by atoms with Crippen molar-refractivity contribution in [1.82, 2.24) is 4.57 Å². The SMILES string of the molecule is Cc1ccc(C)c2c1c(CCN)cn2CCN. The first kappa shape index (κ1) is 12.1. The number of rotatable bonds is 4. The van der Waals surface area contributed by atoms with Crippen molar-refractivity contribution in [3.8, 4) is 0 Å². The maximum absolute atomic E-state index is 5.69. The fourth-order valence-corrected chi connectivity index (χ4v) is 2.55. The molecule has 0 radical (unpaired) electrons. The van der Waals surface area contributed by atoms with Crippen molar-refractivity contribution in [3.63, 3.8) is 0 Å². The third kappa shape index (κ3) is 2.08. The van der Waals surface area contributed by atoms with Crippen LogP contribution in [0.15, 0.2) is 18.3 Å². The maximum atomic E-state index is 5.69. The van der Waals surface area contributed by atoms with Crippen molar-refractivity contribution in [1.29, 1.82) is 0 Å². The zero-order valence-corrected chi connectivity index (χ0v) is 10.7. The van der Waals surface area contributed by atoms with E-state index >= 15 is 0 Å². The molecule has 3 nitrogen and oxygen atoms in total. The number of nitrogens with zero attached hydrogens (tertiary/aromatic N) is 1. The summed E-state index contributed by atoms with van der Waals surface area (Å²) in [6.07, 6.45) is 3.14. The predicted octanol–water partition coefficient (Wildman–Crippen LogP) is 1.72. The summed E-state index contributed by atoms with van der Waals surface area (Å²) in [5, 5.41) is 1.36. The Morgan fingerprint density at radius 1 is 1.06 bits per heavy atom. The first-order valence-corrected chi connectivity index (χ1v) is 6.17. The van der Waals surface area contributed by atoms with E-state index in [2.05, 4.69) is 36.7 Å². The third-order valence-corrected chi connectivity index (χ3v) is 3.29. The van der Waals surface area contributed by atoms with Crippen LogP contribution in [0.1, 0.15) is 16.7 Å². The van der Waals surface area contributed by atoms with Gasteiger partial charge in [-0.15, -0.1) is 0 Å². The summed E-state index contributed by atoms with van der Waals surface area (Å²) in [6, 6.07) is 4.36. The maximum Gasteiger partial charge on any atom is 0.0515 e. The van der Waals surface area contributed by atoms with Crippen molar-refractivity contribution in [2.45, 2.75) is 26.8 Å². The number of hydrogen-bond acceptors (Lipinski definition) is 2. The van der Waals surface area contributed by atoms with Crippen molar-refractivity contribution in [3.05, 3.63) is 35.0 Å². The summed E-state index contributed by atoms with van der Waals surface area (Å²) in [7, 11) is 0. The van der Waals surface area contributed by atoms with E-state index in [-0.39, 0.29) is 0 Å². The lowest BCUT2D eigenvalue weighted by atomic mass is 10.0. The molecule has 3 heteroatoms. The van der Waals surface area contributed by atoms with Gasteiger partial charge in [0.1, 0.15) is 0 Å². The highest BCUT2D eigenvalue weighted by atomic mass is 15.0. The van der Waals surface area contributed by atoms with Gasteiger partial charge in [-0.1, -0.05) is 12.1 Å². The van der Waals surface area contributed by atoms with Gasteiger partial charge in [0.25, 0.3) is 0 Å². The normalized spacial score (nSPS) is 11.3. The minimum Gasteiger partial charge on any atom is -0.346 e. The van der Waals surface area contributed by atoms with Crippen LogP contribution >= 0.6 is 0 Å². The third-order valence-electron chi connectivity index (χ3n) is 3.29. The molecule has 0 saturated heterocycles. The van der Waals surface area contributed by atoms with E-state index in [0.29, 0.717) is 13.1 Å². The molecule has 0 atom stereocenters. The first-order chi connectivity index (χ1) is 8.19. The second-order valence-corrected chi connectivity index (χ2v) is 4.60. The molecule has 0 bridgehead atoms. The highest BCUT2D eigenvalue weighted by molar-refractivity contribution is 5.89. The van der Waals surface area contributed by atoms with Crippen LogP contribution in [0.3, 0.4) is 0 Å². The molecule has 1 heterocycles. The van der Waals surface area contributed by atoms with Crippen LogP contribution in [-0.2, 0) is 13.0 Å². The van der Waals surface area contributed by atoms with Crippen molar-refractivity contribution >= 4 is 10.9 Å². The molecule has 4 N–H and O–H groups in total. The topological polar surface area (TPSA) is 57.0 Å². The molecule has 1 aromatic carbocycles. The molecular formula is C14H21N3. The second kappa shape index (κ2) is 4.90. The average Bonchev–Trinajstić information content (AvgIpc) is 2.65. The molecule has 2 aromatic rings. The Bertz CT molecular complexity index is 480. The van der Waals surface area contributed by atoms with Crippen LogP contribution in [0.25, 0.3) is 10.9 Å². The molecule has 0 aliphatic heterocycles. The largest absolute Gasteiger partial charge is 0.346 e. The lowest BCUT2D eigenvalue weighted by molar-refractivity contribution is 0.730. The molecule has 0 aliphatic rings. The molecule has 0 spiro atoms. The van der Waals surface area contributed by atoms with E-state index in [9.17, 15) is 0 Å². The van der Waals surface area contributed by atoms with E-state index < -0.39 is 0 Å². The van der Waals surface area contributed by atoms with Gasteiger partial charge in [-0.3, -0.25) is 0 Å². The Labute approximate surface area is 102 Å². The van der Waals surface area contributed by atoms with Gasteiger partial charge >= 0.3 is 0 Å². The molecule has 0 aliphatic carbocycles. The number of benzene rings is 1. The molecule has 1 aromatic heterocycles. The molecule has 2 rings (SSSR count). The first-order valence-electron chi connectivity index (χ1n) is 6.17. The summed E-state index contributed by atoms with van der Waals surface area (Å²) in [6.45, 7) is 6.54. The number of fused-ring (bicyclic) bond motifs is 1. The molecule has 0 unspecified atom stereocenters. The van der Waals surface area contributed by atoms with Gasteiger partial charge in [0.15, 0.2) is 0 Å². The van der Waals surface area contributed by atoms with E-state index in [4.69, 9.17) is 11.5 Å². The van der Waals surface area contributed by atoms with Crippen LogP contribution in [0, 0.1) is 13.8 Å². The fraction of sp³-hybridized carbons (Fsp3) is 0.429. The van der Waals surface area contributed by atoms with Crippen LogP contribution in [-0.4, -0.2) is 17.7 Å². The quantitative estimate of drug-likeness (QED) is 0.841. The van der Waals surface area contributed by atoms with E-state index in [1.54, 1.807) is 0 Å². The van der Waals surface area contributed by atoms with Gasteiger partial charge in [0.05, 0.1) is 5.52 Å². The molecule has 0 amide bonds. The molecular weight excluding hydrogens is 210 g/mol. The highest BCUT2D eigenvalue weighted by Crippen LogP contribution is 2.28. The van der Waals surface area contributed by atoms with Crippen LogP contribution in [0.4, 0.5) is 0 Å². The summed E-state index contributed by atoms with van der Waals surface area (Å²) in [5.41, 5.74) is 16.7. The number of aromatic nitrogens is 1. The van der Waals surface area contributed by atoms with E-state index in [0.717, 1.165) is 13.0 Å². The number of aryl methyl sites for hydroxylation is 2. The minimum atomic E-state index is 0.666. The van der Waals surface area contributed by atoms with Crippen molar-refractivity contribution < 1.29 is 0 Å². The zero-order valence-electron chi connectivity index (χ0n) is 10.7. The van der Waals surface area contributed by atoms with Crippen molar-refractivity contribution in [2.75, 3.05) is 13.1 Å². The highest BCUT2D eigenvalue weighted by Gasteiger charge is 2.11. The van der Waals surface area contributed by atoms with E-state index in [1.807, 2.05) is 0 Å². The van der Waals surface area contributed by atoms with Crippen molar-refractivity contribution in [2.24, 2.45) is 11.5 Å². The fourth-order valence-electron chi connectivity index (χ4n) is 2.55. The molecule has 92 valence electrons. The van der Waals surface area contributed by atoms with E-state index in [1.165, 1.54) is 27.6 Å². The number of hydrogen-bond donors (Lipinski definition) is 2. The lowest BCUT2D eigenvalue weighted by Crippen LogP contribution is -2.09. The Kier molecular flexibility index (Phi) is 3.50. The smallest absolute Gasteiger partial charge is 0.0515 e. The Hall–Kier alpha value is -1.32. The Balaban J connectivity index is 2.71. The predicted molar refractivity (Wildman–Crippen MR) is 73.2 cm³/mol. The summed E-state index contributed by atoms with van der Waals surface area (Å²) in [4.78, 5) is 0.